The zero-order valence-corrected chi connectivity index (χ0v) is 11.4. The van der Waals surface area contributed by atoms with E-state index >= 15 is 0 Å². The number of phenols is 1. The van der Waals surface area contributed by atoms with Crippen LogP contribution >= 0.6 is 0 Å². The van der Waals surface area contributed by atoms with Crippen molar-refractivity contribution in [2.24, 2.45) is 0 Å². The predicted octanol–water partition coefficient (Wildman–Crippen LogP) is 2.88. The first kappa shape index (κ1) is 14.8. The molecular formula is C14H9F3N4O2. The van der Waals surface area contributed by atoms with Crippen LogP contribution in [-0.2, 0) is 0 Å². The lowest BCUT2D eigenvalue weighted by Gasteiger charge is -2.11. The van der Waals surface area contributed by atoms with Crippen LogP contribution in [0.2, 0.25) is 0 Å². The van der Waals surface area contributed by atoms with Crippen LogP contribution in [0.25, 0.3) is 22.0 Å². The molecule has 0 spiro atoms. The zero-order valence-electron chi connectivity index (χ0n) is 11.4. The van der Waals surface area contributed by atoms with Gasteiger partial charge in [-0.3, -0.25) is 4.98 Å². The molecule has 0 saturated heterocycles. The van der Waals surface area contributed by atoms with E-state index in [0.717, 1.165) is 12.1 Å². The van der Waals surface area contributed by atoms with Crippen LogP contribution in [0.1, 0.15) is 0 Å². The summed E-state index contributed by atoms with van der Waals surface area (Å²) in [5.41, 5.74) is 6.18. The Morgan fingerprint density at radius 1 is 1.09 bits per heavy atom. The summed E-state index contributed by atoms with van der Waals surface area (Å²) in [6.07, 6.45) is -1.85. The molecule has 0 aliphatic heterocycles. The van der Waals surface area contributed by atoms with Gasteiger partial charge in [0, 0.05) is 34.8 Å². The molecule has 0 aliphatic carbocycles. The molecule has 0 bridgehead atoms. The minimum absolute atomic E-state index is 0.161. The number of nitrogens with zero attached hydrogens (tertiary/aromatic N) is 3. The Morgan fingerprint density at radius 3 is 2.57 bits per heavy atom. The Morgan fingerprint density at radius 2 is 1.87 bits per heavy atom. The number of anilines is 1. The fraction of sp³-hybridized carbons (Fsp3) is 0.0714. The summed E-state index contributed by atoms with van der Waals surface area (Å²) in [5.74, 6) is -0.801. The van der Waals surface area contributed by atoms with Gasteiger partial charge in [0.2, 0.25) is 0 Å². The summed E-state index contributed by atoms with van der Waals surface area (Å²) in [4.78, 5) is 3.93. The van der Waals surface area contributed by atoms with Gasteiger partial charge in [-0.25, -0.2) is 0 Å². The Kier molecular flexibility index (Phi) is 3.40. The summed E-state index contributed by atoms with van der Waals surface area (Å²) in [7, 11) is 0. The van der Waals surface area contributed by atoms with Crippen LogP contribution in [0.3, 0.4) is 0 Å². The molecule has 0 saturated carbocycles. The van der Waals surface area contributed by atoms with Crippen LogP contribution in [-0.4, -0.2) is 26.7 Å². The lowest BCUT2D eigenvalue weighted by Crippen LogP contribution is -2.17. The number of aromatic hydroxyl groups is 1. The number of halogens is 3. The first-order valence-corrected chi connectivity index (χ1v) is 6.30. The molecule has 0 amide bonds. The van der Waals surface area contributed by atoms with Gasteiger partial charge in [-0.15, -0.1) is 23.4 Å². The number of hydrogen-bond donors (Lipinski definition) is 2. The van der Waals surface area contributed by atoms with Gasteiger partial charge in [0.25, 0.3) is 0 Å². The first-order valence-electron chi connectivity index (χ1n) is 6.30. The van der Waals surface area contributed by atoms with Crippen LogP contribution in [0.4, 0.5) is 19.0 Å². The molecule has 3 rings (SSSR count). The summed E-state index contributed by atoms with van der Waals surface area (Å²) in [5, 5.41) is 18.8. The number of rotatable bonds is 2. The van der Waals surface area contributed by atoms with Crippen molar-refractivity contribution in [3.05, 3.63) is 36.7 Å². The Bertz CT molecular complexity index is 884. The summed E-state index contributed by atoms with van der Waals surface area (Å²) in [6, 6.07) is 4.81. The molecule has 3 aromatic rings. The molecule has 1 aromatic carbocycles. The molecular weight excluding hydrogens is 313 g/mol. The number of benzene rings is 1. The van der Waals surface area contributed by atoms with Crippen LogP contribution < -0.4 is 10.5 Å². The van der Waals surface area contributed by atoms with Gasteiger partial charge in [-0.2, -0.15) is 0 Å². The molecule has 0 aliphatic rings. The first-order chi connectivity index (χ1) is 10.8. The smallest absolute Gasteiger partial charge is 0.507 e. The van der Waals surface area contributed by atoms with Gasteiger partial charge >= 0.3 is 6.36 Å². The van der Waals surface area contributed by atoms with Gasteiger partial charge in [0.05, 0.1) is 0 Å². The van der Waals surface area contributed by atoms with Crippen molar-refractivity contribution in [3.63, 3.8) is 0 Å². The van der Waals surface area contributed by atoms with E-state index in [9.17, 15) is 18.3 Å². The largest absolute Gasteiger partial charge is 0.573 e. The highest BCUT2D eigenvalue weighted by atomic mass is 19.4. The Labute approximate surface area is 127 Å². The average Bonchev–Trinajstić information content (AvgIpc) is 2.47. The highest BCUT2D eigenvalue weighted by molar-refractivity contribution is 5.99. The Balaban J connectivity index is 2.11. The van der Waals surface area contributed by atoms with Gasteiger partial charge in [-0.05, 0) is 18.2 Å². The van der Waals surface area contributed by atoms with Crippen LogP contribution in [0, 0.1) is 0 Å². The third-order valence-electron chi connectivity index (χ3n) is 3.07. The van der Waals surface area contributed by atoms with Gasteiger partial charge < -0.3 is 15.6 Å². The van der Waals surface area contributed by atoms with Gasteiger partial charge in [-0.1, -0.05) is 0 Å². The van der Waals surface area contributed by atoms with Crippen molar-refractivity contribution in [1.29, 1.82) is 0 Å². The fourth-order valence-electron chi connectivity index (χ4n) is 2.12. The molecule has 9 heteroatoms. The molecule has 118 valence electrons. The van der Waals surface area contributed by atoms with Gasteiger partial charge in [0.15, 0.2) is 5.82 Å². The molecule has 0 atom stereocenters. The SMILES string of the molecule is Nc1nnc(-c2ccc(OC(F)(F)F)cc2O)c2ccncc12. The maximum atomic E-state index is 12.2. The minimum Gasteiger partial charge on any atom is -0.507 e. The van der Waals surface area contributed by atoms with E-state index in [4.69, 9.17) is 5.73 Å². The number of phenolic OH excluding ortho intramolecular Hbond substituents is 1. The van der Waals surface area contributed by atoms with Crippen molar-refractivity contribution in [2.75, 3.05) is 5.73 Å². The average molecular weight is 322 g/mol. The number of fused-ring (bicyclic) bond motifs is 1. The highest BCUT2D eigenvalue weighted by Gasteiger charge is 2.31. The third-order valence-corrected chi connectivity index (χ3v) is 3.07. The fourth-order valence-corrected chi connectivity index (χ4v) is 2.12. The zero-order chi connectivity index (χ0) is 16.6. The molecule has 23 heavy (non-hydrogen) atoms. The number of alkyl halides is 3. The summed E-state index contributed by atoms with van der Waals surface area (Å²) >= 11 is 0. The second-order valence-corrected chi connectivity index (χ2v) is 4.58. The van der Waals surface area contributed by atoms with Crippen molar-refractivity contribution < 1.29 is 23.0 Å². The van der Waals surface area contributed by atoms with E-state index in [0.29, 0.717) is 10.8 Å². The number of pyridine rings is 1. The van der Waals surface area contributed by atoms with E-state index in [1.165, 1.54) is 18.5 Å². The Hall–Kier alpha value is -3.10. The van der Waals surface area contributed by atoms with Crippen LogP contribution in [0.5, 0.6) is 11.5 Å². The molecule has 0 fully saturated rings. The minimum atomic E-state index is -4.84. The normalized spacial score (nSPS) is 11.6. The number of aromatic nitrogens is 3. The summed E-state index contributed by atoms with van der Waals surface area (Å²) < 4.78 is 40.4. The molecule has 0 unspecified atom stereocenters. The highest BCUT2D eigenvalue weighted by Crippen LogP contribution is 2.36. The monoisotopic (exact) mass is 322 g/mol. The maximum Gasteiger partial charge on any atom is 0.573 e. The predicted molar refractivity (Wildman–Crippen MR) is 75.5 cm³/mol. The number of ether oxygens (including phenoxy) is 1. The van der Waals surface area contributed by atoms with E-state index in [1.807, 2.05) is 0 Å². The standard InChI is InChI=1S/C14H9F3N4O2/c15-14(16,17)23-7-1-2-9(11(22)5-7)12-8-3-4-19-6-10(8)13(18)21-20-12/h1-6,22H,(H2,18,21). The number of nitrogen functional groups attached to an aromatic ring is 1. The van der Waals surface area contributed by atoms with E-state index in [2.05, 4.69) is 19.9 Å². The van der Waals surface area contributed by atoms with Crippen LogP contribution in [0.15, 0.2) is 36.7 Å². The molecule has 3 N–H and O–H groups in total. The second kappa shape index (κ2) is 5.27. The lowest BCUT2D eigenvalue weighted by atomic mass is 10.1. The van der Waals surface area contributed by atoms with E-state index < -0.39 is 17.9 Å². The maximum absolute atomic E-state index is 12.2. The third kappa shape index (κ3) is 2.93. The number of nitrogens with two attached hydrogens (primary N) is 1. The van der Waals surface area contributed by atoms with Crippen molar-refractivity contribution in [1.82, 2.24) is 15.2 Å². The second-order valence-electron chi connectivity index (χ2n) is 4.58. The van der Waals surface area contributed by atoms with Crippen molar-refractivity contribution in [2.45, 2.75) is 6.36 Å². The van der Waals surface area contributed by atoms with E-state index in [1.54, 1.807) is 6.07 Å². The van der Waals surface area contributed by atoms with Crippen molar-refractivity contribution in [3.8, 4) is 22.8 Å². The molecule has 2 heterocycles. The number of hydrogen-bond acceptors (Lipinski definition) is 6. The van der Waals surface area contributed by atoms with E-state index in [-0.39, 0.29) is 17.1 Å². The lowest BCUT2D eigenvalue weighted by molar-refractivity contribution is -0.274. The topological polar surface area (TPSA) is 94.2 Å². The van der Waals surface area contributed by atoms with Gasteiger partial charge in [0.1, 0.15) is 17.2 Å². The quantitative estimate of drug-likeness (QED) is 0.753. The molecule has 0 radical (unpaired) electrons. The summed E-state index contributed by atoms with van der Waals surface area (Å²) in [6.45, 7) is 0. The molecule has 2 aromatic heterocycles. The van der Waals surface area contributed by atoms with Crippen molar-refractivity contribution >= 4 is 16.6 Å². The molecule has 6 nitrogen and oxygen atoms in total.